The maximum Gasteiger partial charge on any atom is 0.259 e. The van der Waals surface area contributed by atoms with Crippen LogP contribution in [0.1, 0.15) is 10.4 Å². The van der Waals surface area contributed by atoms with Gasteiger partial charge in [0.15, 0.2) is 5.82 Å². The van der Waals surface area contributed by atoms with Crippen LogP contribution in [0.3, 0.4) is 0 Å². The van der Waals surface area contributed by atoms with E-state index in [0.29, 0.717) is 11.4 Å². The fourth-order valence-electron chi connectivity index (χ4n) is 1.21. The van der Waals surface area contributed by atoms with Crippen LogP contribution >= 0.6 is 0 Å². The van der Waals surface area contributed by atoms with E-state index in [0.717, 1.165) is 0 Å². The van der Waals surface area contributed by atoms with Crippen LogP contribution < -0.4 is 4.90 Å². The average molecular weight is 213 g/mol. The van der Waals surface area contributed by atoms with Crippen molar-refractivity contribution in [2.75, 3.05) is 11.9 Å². The number of aromatic nitrogens is 3. The first kappa shape index (κ1) is 10.2. The van der Waals surface area contributed by atoms with Crippen molar-refractivity contribution in [1.82, 2.24) is 15.2 Å². The Balaban J connectivity index is 2.24. The third-order valence-electron chi connectivity index (χ3n) is 2.06. The molecule has 0 saturated carbocycles. The summed E-state index contributed by atoms with van der Waals surface area (Å²) in [7, 11) is 1.64. The molecule has 1 amide bonds. The second-order valence-corrected chi connectivity index (χ2v) is 3.10. The van der Waals surface area contributed by atoms with Crippen molar-refractivity contribution in [2.45, 2.75) is 0 Å². The van der Waals surface area contributed by atoms with E-state index < -0.39 is 0 Å². The standard InChI is InChI=1S/C11H9N4O/c1-15(10-3-2-6-13-14-10)11(16)9-4-7-12-8-5-9/h2-4,6-8H,1H3. The highest BCUT2D eigenvalue weighted by atomic mass is 16.2. The Kier molecular flexibility index (Phi) is 2.86. The lowest BCUT2D eigenvalue weighted by molar-refractivity contribution is 0.0991. The largest absolute Gasteiger partial charge is 0.294 e. The van der Waals surface area contributed by atoms with Gasteiger partial charge in [-0.2, -0.15) is 5.10 Å². The number of nitrogens with zero attached hydrogens (tertiary/aromatic N) is 4. The zero-order valence-corrected chi connectivity index (χ0v) is 8.66. The number of amides is 1. The van der Waals surface area contributed by atoms with E-state index in [-0.39, 0.29) is 5.91 Å². The Morgan fingerprint density at radius 3 is 2.88 bits per heavy atom. The minimum Gasteiger partial charge on any atom is -0.294 e. The van der Waals surface area contributed by atoms with Crippen molar-refractivity contribution < 1.29 is 4.79 Å². The summed E-state index contributed by atoms with van der Waals surface area (Å²) in [5.74, 6) is 0.306. The van der Waals surface area contributed by atoms with Crippen LogP contribution in [0.25, 0.3) is 0 Å². The molecule has 2 aromatic heterocycles. The second-order valence-electron chi connectivity index (χ2n) is 3.10. The molecule has 79 valence electrons. The Labute approximate surface area is 92.8 Å². The molecule has 2 rings (SSSR count). The van der Waals surface area contributed by atoms with Crippen molar-refractivity contribution in [3.8, 4) is 0 Å². The third-order valence-corrected chi connectivity index (χ3v) is 2.06. The minimum atomic E-state index is -0.192. The molecule has 0 spiro atoms. The number of hydrogen-bond acceptors (Lipinski definition) is 4. The highest BCUT2D eigenvalue weighted by Crippen LogP contribution is 2.09. The first-order valence-corrected chi connectivity index (χ1v) is 4.66. The van der Waals surface area contributed by atoms with Crippen LogP contribution in [0.2, 0.25) is 0 Å². The van der Waals surface area contributed by atoms with Crippen molar-refractivity contribution in [3.63, 3.8) is 0 Å². The molecule has 0 bridgehead atoms. The normalized spacial score (nSPS) is 9.81. The van der Waals surface area contributed by atoms with Gasteiger partial charge in [0.25, 0.3) is 5.91 Å². The van der Waals surface area contributed by atoms with Gasteiger partial charge in [0, 0.05) is 31.7 Å². The molecular formula is C11H9N4O. The van der Waals surface area contributed by atoms with Gasteiger partial charge >= 0.3 is 0 Å². The molecule has 16 heavy (non-hydrogen) atoms. The van der Waals surface area contributed by atoms with Gasteiger partial charge in [-0.25, -0.2) is 0 Å². The summed E-state index contributed by atoms with van der Waals surface area (Å²) in [6.07, 6.45) is 4.56. The van der Waals surface area contributed by atoms with Crippen molar-refractivity contribution >= 4 is 11.7 Å². The molecule has 2 heterocycles. The lowest BCUT2D eigenvalue weighted by Gasteiger charge is -2.14. The third kappa shape index (κ3) is 2.03. The predicted molar refractivity (Wildman–Crippen MR) is 57.8 cm³/mol. The van der Waals surface area contributed by atoms with Crippen LogP contribution in [-0.4, -0.2) is 28.1 Å². The fraction of sp³-hybridized carbons (Fsp3) is 0.0909. The van der Waals surface area contributed by atoms with Crippen LogP contribution in [0, 0.1) is 6.07 Å². The quantitative estimate of drug-likeness (QED) is 0.745. The van der Waals surface area contributed by atoms with Crippen molar-refractivity contribution in [1.29, 1.82) is 0 Å². The molecule has 0 aliphatic heterocycles. The summed E-state index contributed by atoms with van der Waals surface area (Å²) in [5, 5.41) is 7.57. The molecule has 5 heteroatoms. The van der Waals surface area contributed by atoms with Gasteiger partial charge in [-0.05, 0) is 18.2 Å². The first-order valence-electron chi connectivity index (χ1n) is 4.66. The summed E-state index contributed by atoms with van der Waals surface area (Å²) in [6.45, 7) is 0. The lowest BCUT2D eigenvalue weighted by Crippen LogP contribution is -2.27. The molecule has 1 radical (unpaired) electrons. The maximum absolute atomic E-state index is 11.9. The zero-order chi connectivity index (χ0) is 11.4. The van der Waals surface area contributed by atoms with Crippen molar-refractivity contribution in [2.24, 2.45) is 0 Å². The molecule has 0 aliphatic rings. The molecule has 0 fully saturated rings. The average Bonchev–Trinajstić information content (AvgIpc) is 2.39. The Hall–Kier alpha value is -2.30. The van der Waals surface area contributed by atoms with Gasteiger partial charge in [0.1, 0.15) is 0 Å². The summed E-state index contributed by atoms with van der Waals surface area (Å²) in [5.41, 5.74) is 0.447. The van der Waals surface area contributed by atoms with Gasteiger partial charge in [-0.1, -0.05) is 0 Å². The Bertz CT molecular complexity index is 472. The van der Waals surface area contributed by atoms with E-state index >= 15 is 0 Å². The summed E-state index contributed by atoms with van der Waals surface area (Å²) >= 11 is 0. The molecule has 0 aliphatic carbocycles. The number of carbonyl (C=O) groups is 1. The monoisotopic (exact) mass is 213 g/mol. The van der Waals surface area contributed by atoms with Crippen LogP contribution in [0.4, 0.5) is 5.82 Å². The molecule has 5 nitrogen and oxygen atoms in total. The maximum atomic E-state index is 11.9. The topological polar surface area (TPSA) is 59.0 Å². The van der Waals surface area contributed by atoms with E-state index in [1.165, 1.54) is 11.1 Å². The molecule has 0 N–H and O–H groups in total. The van der Waals surface area contributed by atoms with Gasteiger partial charge in [0.05, 0.1) is 5.56 Å². The Morgan fingerprint density at radius 1 is 1.38 bits per heavy atom. The predicted octanol–water partition coefficient (Wildman–Crippen LogP) is 0.948. The number of carbonyl (C=O) groups excluding carboxylic acids is 1. The second kappa shape index (κ2) is 4.48. The zero-order valence-electron chi connectivity index (χ0n) is 8.66. The lowest BCUT2D eigenvalue weighted by atomic mass is 10.2. The first-order chi connectivity index (χ1) is 7.79. The molecule has 0 aromatic carbocycles. The molecule has 0 unspecified atom stereocenters. The molecule has 0 atom stereocenters. The summed E-state index contributed by atoms with van der Waals surface area (Å²) in [4.78, 5) is 17.2. The minimum absolute atomic E-state index is 0.192. The highest BCUT2D eigenvalue weighted by molar-refractivity contribution is 6.04. The molecule has 2 aromatic rings. The van der Waals surface area contributed by atoms with Gasteiger partial charge in [0.2, 0.25) is 0 Å². The van der Waals surface area contributed by atoms with E-state index in [4.69, 9.17) is 0 Å². The van der Waals surface area contributed by atoms with Gasteiger partial charge in [-0.3, -0.25) is 14.7 Å². The molecular weight excluding hydrogens is 204 g/mol. The summed E-state index contributed by atoms with van der Waals surface area (Å²) < 4.78 is 0. The highest BCUT2D eigenvalue weighted by Gasteiger charge is 2.14. The van der Waals surface area contributed by atoms with Crippen LogP contribution in [-0.2, 0) is 0 Å². The van der Waals surface area contributed by atoms with Crippen LogP contribution in [0.5, 0.6) is 0 Å². The fourth-order valence-corrected chi connectivity index (χ4v) is 1.21. The van der Waals surface area contributed by atoms with Gasteiger partial charge < -0.3 is 0 Å². The number of hydrogen-bond donors (Lipinski definition) is 0. The molecule has 0 saturated heterocycles. The number of rotatable bonds is 2. The van der Waals surface area contributed by atoms with E-state index in [9.17, 15) is 4.79 Å². The SMILES string of the molecule is CN(C(=O)c1[c]cncc1)c1cccnn1. The Morgan fingerprint density at radius 2 is 2.25 bits per heavy atom. The van der Waals surface area contributed by atoms with E-state index in [1.54, 1.807) is 37.6 Å². The van der Waals surface area contributed by atoms with E-state index in [1.807, 2.05) is 0 Å². The summed E-state index contributed by atoms with van der Waals surface area (Å²) in [6, 6.07) is 7.81. The van der Waals surface area contributed by atoms with Crippen LogP contribution in [0.15, 0.2) is 36.8 Å². The van der Waals surface area contributed by atoms with Crippen molar-refractivity contribution in [3.05, 3.63) is 48.4 Å². The smallest absolute Gasteiger partial charge is 0.259 e. The van der Waals surface area contributed by atoms with Gasteiger partial charge in [-0.15, -0.1) is 5.10 Å². The van der Waals surface area contributed by atoms with E-state index in [2.05, 4.69) is 21.2 Å². The number of anilines is 1. The number of pyridine rings is 1.